The predicted molar refractivity (Wildman–Crippen MR) is 136 cm³/mol. The molecule has 14 nitrogen and oxygen atoms in total. The van der Waals surface area contributed by atoms with E-state index in [2.05, 4.69) is 25.9 Å². The van der Waals surface area contributed by atoms with Gasteiger partial charge in [0.25, 0.3) is 0 Å². The van der Waals surface area contributed by atoms with Crippen molar-refractivity contribution in [2.75, 3.05) is 13.1 Å². The summed E-state index contributed by atoms with van der Waals surface area (Å²) in [6.07, 6.45) is 0.739. The van der Waals surface area contributed by atoms with Crippen LogP contribution in [0.5, 0.6) is 0 Å². The zero-order valence-electron chi connectivity index (χ0n) is 20.4. The normalized spacial score (nSPS) is 14.1. The molecule has 2 rings (SSSR count). The number of nitrogens with one attached hydrogen (secondary N) is 4. The number of amides is 3. The number of nitrogens with two attached hydrogens (primary N) is 3. The number of benzene rings is 1. The zero-order valence-corrected chi connectivity index (χ0v) is 20.4. The molecule has 2 aromatic rings. The van der Waals surface area contributed by atoms with Crippen LogP contribution in [0, 0.1) is 0 Å². The van der Waals surface area contributed by atoms with Crippen LogP contribution in [0.4, 0.5) is 0 Å². The molecule has 1 aromatic heterocycles. The van der Waals surface area contributed by atoms with Crippen molar-refractivity contribution in [3.8, 4) is 0 Å². The van der Waals surface area contributed by atoms with E-state index in [1.807, 2.05) is 24.3 Å². The van der Waals surface area contributed by atoms with Crippen molar-refractivity contribution < 1.29 is 29.4 Å². The molecule has 12 N–H and O–H groups in total. The first-order valence-electron chi connectivity index (χ1n) is 11.6. The number of carboxylic acid groups (broad SMARTS) is 1. The largest absolute Gasteiger partial charge is 0.480 e. The summed E-state index contributed by atoms with van der Waals surface area (Å²) >= 11 is 0. The summed E-state index contributed by atoms with van der Waals surface area (Å²) in [4.78, 5) is 56.6. The number of fused-ring (bicyclic) bond motifs is 1. The van der Waals surface area contributed by atoms with Gasteiger partial charge in [0.1, 0.15) is 12.1 Å². The molecular formula is C23H34N8O6. The quantitative estimate of drug-likeness (QED) is 0.0735. The minimum Gasteiger partial charge on any atom is -0.480 e. The van der Waals surface area contributed by atoms with Crippen molar-refractivity contribution >= 4 is 40.6 Å². The third-order valence-corrected chi connectivity index (χ3v) is 5.56. The Morgan fingerprint density at radius 2 is 1.73 bits per heavy atom. The first-order valence-corrected chi connectivity index (χ1v) is 11.6. The van der Waals surface area contributed by atoms with Crippen molar-refractivity contribution in [3.63, 3.8) is 0 Å². The summed E-state index contributed by atoms with van der Waals surface area (Å²) in [7, 11) is 0. The molecule has 37 heavy (non-hydrogen) atoms. The first kappa shape index (κ1) is 29.1. The van der Waals surface area contributed by atoms with Crippen LogP contribution in [0.1, 0.15) is 25.3 Å². The van der Waals surface area contributed by atoms with Crippen molar-refractivity contribution in [1.29, 1.82) is 0 Å². The number of hydrogen-bond donors (Lipinski definition) is 9. The Morgan fingerprint density at radius 1 is 1.05 bits per heavy atom. The van der Waals surface area contributed by atoms with E-state index in [9.17, 15) is 29.4 Å². The lowest BCUT2D eigenvalue weighted by molar-refractivity contribution is -0.145. The van der Waals surface area contributed by atoms with Crippen LogP contribution >= 0.6 is 0 Å². The fraction of sp³-hybridized carbons (Fsp3) is 0.435. The average Bonchev–Trinajstić information content (AvgIpc) is 3.25. The van der Waals surface area contributed by atoms with Crippen LogP contribution in [0.2, 0.25) is 0 Å². The number of carboxylic acids is 1. The number of hydrogen-bond acceptors (Lipinski definition) is 7. The van der Waals surface area contributed by atoms with E-state index in [0.29, 0.717) is 0 Å². The summed E-state index contributed by atoms with van der Waals surface area (Å²) in [6, 6.07) is 3.53. The molecule has 0 aliphatic rings. The van der Waals surface area contributed by atoms with Crippen LogP contribution in [-0.2, 0) is 25.6 Å². The maximum absolute atomic E-state index is 13.3. The van der Waals surface area contributed by atoms with E-state index in [1.54, 1.807) is 6.20 Å². The molecule has 4 unspecified atom stereocenters. The van der Waals surface area contributed by atoms with Gasteiger partial charge in [-0.1, -0.05) is 18.2 Å². The highest BCUT2D eigenvalue weighted by molar-refractivity contribution is 5.94. The topological polar surface area (TPSA) is 251 Å². The number of aliphatic hydroxyl groups excluding tert-OH is 1. The highest BCUT2D eigenvalue weighted by Gasteiger charge is 2.31. The van der Waals surface area contributed by atoms with Crippen molar-refractivity contribution in [1.82, 2.24) is 20.9 Å². The van der Waals surface area contributed by atoms with Gasteiger partial charge in [-0.25, -0.2) is 4.79 Å². The van der Waals surface area contributed by atoms with E-state index in [4.69, 9.17) is 17.2 Å². The number of guanidine groups is 1. The van der Waals surface area contributed by atoms with Gasteiger partial charge in [0.15, 0.2) is 12.0 Å². The maximum Gasteiger partial charge on any atom is 0.328 e. The van der Waals surface area contributed by atoms with Gasteiger partial charge in [0.2, 0.25) is 17.7 Å². The Kier molecular flexibility index (Phi) is 10.8. The molecule has 0 saturated heterocycles. The summed E-state index contributed by atoms with van der Waals surface area (Å²) in [5.74, 6) is -3.68. The molecule has 0 spiro atoms. The van der Waals surface area contributed by atoms with Crippen LogP contribution in [0.15, 0.2) is 35.5 Å². The number of para-hydroxylation sites is 1. The van der Waals surface area contributed by atoms with Gasteiger partial charge in [-0.2, -0.15) is 0 Å². The fourth-order valence-corrected chi connectivity index (χ4v) is 3.67. The van der Waals surface area contributed by atoms with E-state index in [1.165, 1.54) is 6.92 Å². The standard InChI is InChI=1S/C23H34N8O6/c1-12(32)19(22(36)37)31-20(34)16(7-4-8-27-23(25)26)30-21(35)17(29-18(33)10-24)9-13-11-28-15-6-3-2-5-14(13)15/h2-3,5-6,11-12,16-17,19,28,32H,4,7-10,24H2,1H3,(H,29,33)(H,30,35)(H,31,34)(H,36,37)(H4,25,26,27). The minimum absolute atomic E-state index is 0.0468. The van der Waals surface area contributed by atoms with Gasteiger partial charge in [0, 0.05) is 30.1 Å². The third-order valence-electron chi connectivity index (χ3n) is 5.56. The molecule has 0 radical (unpaired) electrons. The molecule has 4 atom stereocenters. The van der Waals surface area contributed by atoms with Crippen molar-refractivity contribution in [2.24, 2.45) is 22.2 Å². The molecule has 1 heterocycles. The van der Waals surface area contributed by atoms with E-state index < -0.39 is 47.9 Å². The predicted octanol–water partition coefficient (Wildman–Crippen LogP) is -2.36. The second kappa shape index (κ2) is 13.8. The highest BCUT2D eigenvalue weighted by Crippen LogP contribution is 2.19. The number of H-pyrrole nitrogens is 1. The maximum atomic E-state index is 13.3. The van der Waals surface area contributed by atoms with Gasteiger partial charge < -0.3 is 48.3 Å². The molecule has 1 aromatic carbocycles. The van der Waals surface area contributed by atoms with E-state index >= 15 is 0 Å². The smallest absolute Gasteiger partial charge is 0.328 e. The summed E-state index contributed by atoms with van der Waals surface area (Å²) in [5, 5.41) is 27.3. The molecule has 0 bridgehead atoms. The Bertz CT molecular complexity index is 1130. The number of rotatable bonds is 14. The number of aromatic nitrogens is 1. The van der Waals surface area contributed by atoms with Crippen molar-refractivity contribution in [3.05, 3.63) is 36.0 Å². The Labute approximate surface area is 213 Å². The summed E-state index contributed by atoms with van der Waals surface area (Å²) in [5.41, 5.74) is 17.7. The van der Waals surface area contributed by atoms with E-state index in [-0.39, 0.29) is 38.3 Å². The molecular weight excluding hydrogens is 484 g/mol. The molecule has 0 fully saturated rings. The van der Waals surface area contributed by atoms with Crippen molar-refractivity contribution in [2.45, 2.75) is 50.4 Å². The lowest BCUT2D eigenvalue weighted by atomic mass is 10.0. The number of aliphatic imine (C=N–C) groups is 1. The molecule has 0 aliphatic carbocycles. The number of nitrogens with zero attached hydrogens (tertiary/aromatic N) is 1. The van der Waals surface area contributed by atoms with Gasteiger partial charge in [-0.3, -0.25) is 19.4 Å². The monoisotopic (exact) mass is 518 g/mol. The second-order valence-electron chi connectivity index (χ2n) is 8.46. The van der Waals surface area contributed by atoms with Crippen LogP contribution in [0.25, 0.3) is 10.9 Å². The summed E-state index contributed by atoms with van der Waals surface area (Å²) < 4.78 is 0. The van der Waals surface area contributed by atoms with Gasteiger partial charge >= 0.3 is 5.97 Å². The first-order chi connectivity index (χ1) is 17.5. The Hall–Kier alpha value is -4.17. The molecule has 0 saturated carbocycles. The van der Waals surface area contributed by atoms with Crippen LogP contribution < -0.4 is 33.2 Å². The fourth-order valence-electron chi connectivity index (χ4n) is 3.67. The minimum atomic E-state index is -1.59. The lowest BCUT2D eigenvalue weighted by Gasteiger charge is -2.25. The highest BCUT2D eigenvalue weighted by atomic mass is 16.4. The lowest BCUT2D eigenvalue weighted by Crippen LogP contribution is -2.58. The van der Waals surface area contributed by atoms with Gasteiger partial charge in [0.05, 0.1) is 12.6 Å². The van der Waals surface area contributed by atoms with Gasteiger partial charge in [-0.15, -0.1) is 0 Å². The molecule has 14 heteroatoms. The number of aromatic amines is 1. The molecule has 3 amide bonds. The van der Waals surface area contributed by atoms with Gasteiger partial charge in [-0.05, 0) is 31.4 Å². The zero-order chi connectivity index (χ0) is 27.5. The molecule has 202 valence electrons. The average molecular weight is 519 g/mol. The van der Waals surface area contributed by atoms with Crippen LogP contribution in [-0.4, -0.2) is 82.2 Å². The molecule has 0 aliphatic heterocycles. The SMILES string of the molecule is CC(O)C(NC(=O)C(CCCN=C(N)N)NC(=O)C(Cc1c[nH]c2ccccc12)NC(=O)CN)C(=O)O. The third kappa shape index (κ3) is 8.77. The summed E-state index contributed by atoms with van der Waals surface area (Å²) in [6.45, 7) is 1.02. The number of carbonyl (C=O) groups excluding carboxylic acids is 3. The second-order valence-corrected chi connectivity index (χ2v) is 8.46. The number of aliphatic carboxylic acids is 1. The van der Waals surface area contributed by atoms with E-state index in [0.717, 1.165) is 16.5 Å². The Balaban J connectivity index is 2.25. The van der Waals surface area contributed by atoms with Crippen LogP contribution in [0.3, 0.4) is 0 Å². The Morgan fingerprint density at radius 3 is 2.35 bits per heavy atom. The number of aliphatic hydroxyl groups is 1. The number of carbonyl (C=O) groups is 4.